The second-order valence-corrected chi connectivity index (χ2v) is 9.45. The molecule has 158 valence electrons. The Morgan fingerprint density at radius 3 is 2.23 bits per heavy atom. The van der Waals surface area contributed by atoms with Crippen molar-refractivity contribution in [2.75, 3.05) is 19.4 Å². The van der Waals surface area contributed by atoms with E-state index in [9.17, 15) is 18.0 Å². The first-order valence-corrected chi connectivity index (χ1v) is 11.3. The third-order valence-corrected chi connectivity index (χ3v) is 6.80. The third-order valence-electron chi connectivity index (χ3n) is 5.50. The molecule has 0 fully saturated rings. The Kier molecular flexibility index (Phi) is 5.19. The SMILES string of the molecule is CN(C)C(=O)c1cc(S(=O)(=O)NC(=O)Nc2c3c(cc4c2CCC4)CCC3)cnn1. The molecule has 4 rings (SSSR count). The summed E-state index contributed by atoms with van der Waals surface area (Å²) in [5, 5.41) is 10.0. The van der Waals surface area contributed by atoms with Crippen LogP contribution in [0, 0.1) is 0 Å². The molecule has 2 N–H and O–H groups in total. The Morgan fingerprint density at radius 2 is 1.63 bits per heavy atom. The minimum atomic E-state index is -4.22. The van der Waals surface area contributed by atoms with Crippen molar-refractivity contribution in [3.8, 4) is 0 Å². The van der Waals surface area contributed by atoms with E-state index in [0.29, 0.717) is 0 Å². The van der Waals surface area contributed by atoms with E-state index in [1.54, 1.807) is 0 Å². The van der Waals surface area contributed by atoms with Gasteiger partial charge in [-0.1, -0.05) is 6.07 Å². The van der Waals surface area contributed by atoms with Gasteiger partial charge in [-0.2, -0.15) is 5.10 Å². The van der Waals surface area contributed by atoms with Crippen LogP contribution in [0.2, 0.25) is 0 Å². The van der Waals surface area contributed by atoms with E-state index >= 15 is 0 Å². The second-order valence-electron chi connectivity index (χ2n) is 7.77. The molecule has 10 heteroatoms. The lowest BCUT2D eigenvalue weighted by atomic mass is 9.99. The van der Waals surface area contributed by atoms with E-state index in [-0.39, 0.29) is 10.6 Å². The van der Waals surface area contributed by atoms with Gasteiger partial charge in [0.15, 0.2) is 5.69 Å². The van der Waals surface area contributed by atoms with Crippen molar-refractivity contribution in [2.24, 2.45) is 0 Å². The standard InChI is InChI=1S/C20H23N5O4S/c1-25(2)19(26)17-10-14(11-21-23-17)30(28,29)24-20(27)22-18-15-7-3-5-12(15)9-13-6-4-8-16(13)18/h9-11H,3-8H2,1-2H3,(H2,22,24,27). The van der Waals surface area contributed by atoms with Gasteiger partial charge in [0.2, 0.25) is 0 Å². The summed E-state index contributed by atoms with van der Waals surface area (Å²) in [6, 6.07) is 2.50. The van der Waals surface area contributed by atoms with Crippen LogP contribution in [0.25, 0.3) is 0 Å². The number of urea groups is 1. The van der Waals surface area contributed by atoms with E-state index in [4.69, 9.17) is 0 Å². The van der Waals surface area contributed by atoms with E-state index in [1.807, 2.05) is 4.72 Å². The zero-order chi connectivity index (χ0) is 21.5. The fourth-order valence-electron chi connectivity index (χ4n) is 4.12. The number of nitrogens with zero attached hydrogens (tertiary/aromatic N) is 3. The molecule has 0 atom stereocenters. The van der Waals surface area contributed by atoms with Crippen LogP contribution in [0.15, 0.2) is 23.2 Å². The molecule has 2 aliphatic rings. The number of sulfonamides is 1. The highest BCUT2D eigenvalue weighted by atomic mass is 32.2. The van der Waals surface area contributed by atoms with Gasteiger partial charge in [-0.25, -0.2) is 17.9 Å². The van der Waals surface area contributed by atoms with Gasteiger partial charge in [0, 0.05) is 19.8 Å². The van der Waals surface area contributed by atoms with Crippen LogP contribution in [-0.4, -0.2) is 49.5 Å². The summed E-state index contributed by atoms with van der Waals surface area (Å²) in [6.07, 6.45) is 6.74. The number of aromatic nitrogens is 2. The molecule has 9 nitrogen and oxygen atoms in total. The molecule has 1 aromatic heterocycles. The van der Waals surface area contributed by atoms with Gasteiger partial charge in [-0.05, 0) is 66.8 Å². The fraction of sp³-hybridized carbons (Fsp3) is 0.400. The zero-order valence-corrected chi connectivity index (χ0v) is 17.7. The minimum Gasteiger partial charge on any atom is -0.343 e. The average molecular weight is 430 g/mol. The highest BCUT2D eigenvalue weighted by Gasteiger charge is 2.27. The molecule has 0 saturated carbocycles. The number of rotatable bonds is 4. The van der Waals surface area contributed by atoms with Gasteiger partial charge in [0.1, 0.15) is 4.90 Å². The Morgan fingerprint density at radius 1 is 1.00 bits per heavy atom. The number of benzene rings is 1. The molecule has 2 aromatic rings. The molecule has 0 bridgehead atoms. The van der Waals surface area contributed by atoms with Crippen molar-refractivity contribution in [2.45, 2.75) is 43.4 Å². The van der Waals surface area contributed by atoms with Crippen LogP contribution in [0.5, 0.6) is 0 Å². The predicted molar refractivity (Wildman–Crippen MR) is 110 cm³/mol. The monoisotopic (exact) mass is 429 g/mol. The molecular formula is C20H23N5O4S. The number of hydrogen-bond donors (Lipinski definition) is 2. The van der Waals surface area contributed by atoms with Crippen LogP contribution >= 0.6 is 0 Å². The fourth-order valence-corrected chi connectivity index (χ4v) is 4.98. The number of amides is 3. The first-order chi connectivity index (χ1) is 14.3. The summed E-state index contributed by atoms with van der Waals surface area (Å²) in [6.45, 7) is 0. The predicted octanol–water partition coefficient (Wildman–Crippen LogP) is 1.67. The molecular weight excluding hydrogens is 406 g/mol. The summed E-state index contributed by atoms with van der Waals surface area (Å²) < 4.78 is 27.4. The van der Waals surface area contributed by atoms with Crippen molar-refractivity contribution in [3.63, 3.8) is 0 Å². The topological polar surface area (TPSA) is 121 Å². The Labute approximate surface area is 174 Å². The van der Waals surface area contributed by atoms with Crippen molar-refractivity contribution >= 4 is 27.6 Å². The van der Waals surface area contributed by atoms with Crippen molar-refractivity contribution < 1.29 is 18.0 Å². The third kappa shape index (κ3) is 3.74. The number of nitrogens with one attached hydrogen (secondary N) is 2. The lowest BCUT2D eigenvalue weighted by molar-refractivity contribution is 0.0820. The number of hydrogen-bond acceptors (Lipinski definition) is 6. The molecule has 0 spiro atoms. The molecule has 0 aliphatic heterocycles. The quantitative estimate of drug-likeness (QED) is 0.762. The molecule has 1 heterocycles. The van der Waals surface area contributed by atoms with Gasteiger partial charge in [-0.15, -0.1) is 5.10 Å². The van der Waals surface area contributed by atoms with E-state index < -0.39 is 22.0 Å². The van der Waals surface area contributed by atoms with Crippen LogP contribution in [0.4, 0.5) is 10.5 Å². The number of fused-ring (bicyclic) bond motifs is 2. The molecule has 30 heavy (non-hydrogen) atoms. The molecule has 1 aromatic carbocycles. The average Bonchev–Trinajstić information content (AvgIpc) is 3.36. The molecule has 2 aliphatic carbocycles. The lowest BCUT2D eigenvalue weighted by Gasteiger charge is -2.16. The molecule has 3 amide bonds. The number of carbonyl (C=O) groups is 2. The maximum absolute atomic E-state index is 12.7. The summed E-state index contributed by atoms with van der Waals surface area (Å²) in [5.41, 5.74) is 5.31. The van der Waals surface area contributed by atoms with E-state index in [1.165, 1.54) is 30.1 Å². The first kappa shape index (κ1) is 20.3. The summed E-state index contributed by atoms with van der Waals surface area (Å²) in [4.78, 5) is 25.6. The summed E-state index contributed by atoms with van der Waals surface area (Å²) >= 11 is 0. The molecule has 0 unspecified atom stereocenters. The number of anilines is 1. The van der Waals surface area contributed by atoms with Gasteiger partial charge < -0.3 is 10.2 Å². The number of carbonyl (C=O) groups excluding carboxylic acids is 2. The Balaban J connectivity index is 1.57. The van der Waals surface area contributed by atoms with Gasteiger partial charge in [-0.3, -0.25) is 4.79 Å². The van der Waals surface area contributed by atoms with Crippen molar-refractivity contribution in [1.29, 1.82) is 0 Å². The highest BCUT2D eigenvalue weighted by molar-refractivity contribution is 7.90. The Hall–Kier alpha value is -3.01. The highest BCUT2D eigenvalue weighted by Crippen LogP contribution is 2.38. The van der Waals surface area contributed by atoms with E-state index in [0.717, 1.165) is 67.6 Å². The second kappa shape index (κ2) is 7.67. The molecule has 0 radical (unpaired) electrons. The maximum Gasteiger partial charge on any atom is 0.333 e. The van der Waals surface area contributed by atoms with Crippen LogP contribution < -0.4 is 10.0 Å². The smallest absolute Gasteiger partial charge is 0.333 e. The van der Waals surface area contributed by atoms with Gasteiger partial charge >= 0.3 is 6.03 Å². The molecule has 0 saturated heterocycles. The van der Waals surface area contributed by atoms with E-state index in [2.05, 4.69) is 21.6 Å². The Bertz CT molecular complexity index is 1110. The largest absolute Gasteiger partial charge is 0.343 e. The lowest BCUT2D eigenvalue weighted by Crippen LogP contribution is -2.35. The normalized spacial score (nSPS) is 14.7. The van der Waals surface area contributed by atoms with Crippen molar-refractivity contribution in [1.82, 2.24) is 19.8 Å². The van der Waals surface area contributed by atoms with Gasteiger partial charge in [0.25, 0.3) is 15.9 Å². The van der Waals surface area contributed by atoms with Crippen LogP contribution in [-0.2, 0) is 35.7 Å². The van der Waals surface area contributed by atoms with Crippen LogP contribution in [0.3, 0.4) is 0 Å². The number of aryl methyl sites for hydroxylation is 2. The minimum absolute atomic E-state index is 0.123. The first-order valence-electron chi connectivity index (χ1n) is 9.81. The summed E-state index contributed by atoms with van der Waals surface area (Å²) in [5.74, 6) is -0.487. The zero-order valence-electron chi connectivity index (χ0n) is 16.9. The van der Waals surface area contributed by atoms with Crippen LogP contribution in [0.1, 0.15) is 45.6 Å². The van der Waals surface area contributed by atoms with Gasteiger partial charge in [0.05, 0.1) is 6.20 Å². The maximum atomic E-state index is 12.7. The summed E-state index contributed by atoms with van der Waals surface area (Å²) in [7, 11) is -1.18. The van der Waals surface area contributed by atoms with Crippen molar-refractivity contribution in [3.05, 3.63) is 46.3 Å².